The molecule has 0 spiro atoms. The molecule has 3 rings (SSSR count). The Morgan fingerprint density at radius 2 is 1.81 bits per heavy atom. The molecule has 1 amide bonds. The molecule has 1 saturated heterocycles. The fraction of sp³-hybridized carbons (Fsp3) is 0.316. The molecule has 1 fully saturated rings. The van der Waals surface area contributed by atoms with Crippen LogP contribution in [0.25, 0.3) is 0 Å². The van der Waals surface area contributed by atoms with Gasteiger partial charge in [0.15, 0.2) is 0 Å². The Kier molecular flexibility index (Phi) is 5.93. The number of nitro groups is 1. The fourth-order valence-electron chi connectivity index (χ4n) is 3.19. The maximum Gasteiger partial charge on any atom is 0.294 e. The largest absolute Gasteiger partial charge is 0.363 e. The zero-order valence-corrected chi connectivity index (χ0v) is 15.7. The summed E-state index contributed by atoms with van der Waals surface area (Å²) in [5.41, 5.74) is 1.33. The molecule has 0 radical (unpaired) electrons. The summed E-state index contributed by atoms with van der Waals surface area (Å²) in [5, 5.41) is 14.6. The Balaban J connectivity index is 1.62. The number of piperazine rings is 1. The van der Waals surface area contributed by atoms with E-state index in [1.165, 1.54) is 6.07 Å². The summed E-state index contributed by atoms with van der Waals surface area (Å²) in [5.74, 6) is -0.0628. The minimum atomic E-state index is -0.413. The van der Waals surface area contributed by atoms with Crippen LogP contribution >= 0.6 is 11.6 Å². The lowest BCUT2D eigenvalue weighted by Gasteiger charge is -2.38. The van der Waals surface area contributed by atoms with Crippen molar-refractivity contribution >= 4 is 34.6 Å². The summed E-state index contributed by atoms with van der Waals surface area (Å²) in [7, 11) is 0. The zero-order valence-electron chi connectivity index (χ0n) is 15.0. The van der Waals surface area contributed by atoms with Gasteiger partial charge >= 0.3 is 0 Å². The van der Waals surface area contributed by atoms with Crippen molar-refractivity contribution in [1.29, 1.82) is 0 Å². The number of carbonyl (C=O) groups excluding carboxylic acids is 1. The minimum absolute atomic E-state index is 0.00539. The van der Waals surface area contributed by atoms with Gasteiger partial charge in [-0.15, -0.1) is 0 Å². The van der Waals surface area contributed by atoms with E-state index < -0.39 is 4.92 Å². The first kappa shape index (κ1) is 19.1. The Labute approximate surface area is 162 Å². The average Bonchev–Trinajstić information content (AvgIpc) is 2.68. The number of anilines is 2. The van der Waals surface area contributed by atoms with Gasteiger partial charge in [-0.3, -0.25) is 19.8 Å². The first-order valence-electron chi connectivity index (χ1n) is 8.74. The molecule has 27 heavy (non-hydrogen) atoms. The quantitative estimate of drug-likeness (QED) is 0.627. The van der Waals surface area contributed by atoms with E-state index >= 15 is 0 Å². The highest BCUT2D eigenvalue weighted by Gasteiger charge is 2.28. The third kappa shape index (κ3) is 4.56. The number of nitrogens with zero attached hydrogens (tertiary/aromatic N) is 3. The van der Waals surface area contributed by atoms with Crippen molar-refractivity contribution < 1.29 is 9.72 Å². The van der Waals surface area contributed by atoms with E-state index in [1.807, 2.05) is 42.2 Å². The van der Waals surface area contributed by atoms with Gasteiger partial charge in [0.25, 0.3) is 5.69 Å². The molecule has 0 aliphatic carbocycles. The maximum absolute atomic E-state index is 12.5. The van der Waals surface area contributed by atoms with Crippen LogP contribution in [0, 0.1) is 10.1 Å². The molecule has 0 bridgehead atoms. The number of para-hydroxylation sites is 1. The van der Waals surface area contributed by atoms with Crippen LogP contribution in [0.3, 0.4) is 0 Å². The third-order valence-electron chi connectivity index (χ3n) is 4.76. The van der Waals surface area contributed by atoms with Crippen LogP contribution in [0.5, 0.6) is 0 Å². The van der Waals surface area contributed by atoms with Crippen molar-refractivity contribution in [2.45, 2.75) is 13.0 Å². The number of rotatable bonds is 5. The number of nitrogens with one attached hydrogen (secondary N) is 1. The van der Waals surface area contributed by atoms with Crippen molar-refractivity contribution in [3.05, 3.63) is 63.7 Å². The van der Waals surface area contributed by atoms with Crippen LogP contribution in [0.2, 0.25) is 5.02 Å². The van der Waals surface area contributed by atoms with Crippen molar-refractivity contribution in [1.82, 2.24) is 4.90 Å². The molecule has 8 heteroatoms. The van der Waals surface area contributed by atoms with Crippen LogP contribution in [0.15, 0.2) is 48.5 Å². The van der Waals surface area contributed by atoms with E-state index in [4.69, 9.17) is 11.6 Å². The molecule has 1 atom stereocenters. The second-order valence-corrected chi connectivity index (χ2v) is 6.88. The fourth-order valence-corrected chi connectivity index (χ4v) is 3.36. The minimum Gasteiger partial charge on any atom is -0.363 e. The van der Waals surface area contributed by atoms with Gasteiger partial charge in [-0.25, -0.2) is 0 Å². The van der Waals surface area contributed by atoms with Crippen molar-refractivity contribution in [3.8, 4) is 0 Å². The van der Waals surface area contributed by atoms with E-state index in [9.17, 15) is 14.9 Å². The molecular formula is C19H21ClN4O3. The standard InChI is InChI=1S/C19H21ClN4O3/c1-14(19(25)21-16-5-3-2-4-6-16)22-9-11-23(12-10-22)17-8-7-15(20)13-18(17)24(26)27/h2-8,13-14H,9-12H2,1H3,(H,21,25)/t14-/m1/s1. The first-order chi connectivity index (χ1) is 13.0. The Morgan fingerprint density at radius 3 is 2.44 bits per heavy atom. The van der Waals surface area contributed by atoms with Gasteiger partial charge < -0.3 is 10.2 Å². The molecule has 142 valence electrons. The maximum atomic E-state index is 12.5. The molecule has 7 nitrogen and oxygen atoms in total. The number of carbonyl (C=O) groups is 1. The highest BCUT2D eigenvalue weighted by molar-refractivity contribution is 6.30. The summed E-state index contributed by atoms with van der Waals surface area (Å²) in [6.45, 7) is 4.36. The van der Waals surface area contributed by atoms with Crippen molar-refractivity contribution in [2.24, 2.45) is 0 Å². The molecule has 0 unspecified atom stereocenters. The average molecular weight is 389 g/mol. The van der Waals surface area contributed by atoms with Crippen molar-refractivity contribution in [2.75, 3.05) is 36.4 Å². The lowest BCUT2D eigenvalue weighted by Crippen LogP contribution is -2.53. The molecule has 0 saturated carbocycles. The van der Waals surface area contributed by atoms with Gasteiger partial charge in [-0.1, -0.05) is 29.8 Å². The molecule has 1 N–H and O–H groups in total. The molecule has 1 heterocycles. The Bertz CT molecular complexity index is 823. The van der Waals surface area contributed by atoms with Gasteiger partial charge in [-0.05, 0) is 31.2 Å². The summed E-state index contributed by atoms with van der Waals surface area (Å²) in [4.78, 5) is 27.4. The van der Waals surface area contributed by atoms with E-state index in [1.54, 1.807) is 12.1 Å². The molecular weight excluding hydrogens is 368 g/mol. The summed E-state index contributed by atoms with van der Waals surface area (Å²) < 4.78 is 0. The van der Waals surface area contributed by atoms with Gasteiger partial charge in [0.1, 0.15) is 5.69 Å². The Hall–Kier alpha value is -2.64. The number of hydrogen-bond acceptors (Lipinski definition) is 5. The van der Waals surface area contributed by atoms with Gasteiger partial charge in [-0.2, -0.15) is 0 Å². The van der Waals surface area contributed by atoms with Crippen LogP contribution < -0.4 is 10.2 Å². The van der Waals surface area contributed by atoms with Crippen molar-refractivity contribution in [3.63, 3.8) is 0 Å². The molecule has 2 aromatic rings. The van der Waals surface area contributed by atoms with E-state index in [2.05, 4.69) is 10.2 Å². The van der Waals surface area contributed by atoms with Crippen LogP contribution in [-0.2, 0) is 4.79 Å². The van der Waals surface area contributed by atoms with Crippen LogP contribution in [0.4, 0.5) is 17.1 Å². The predicted molar refractivity (Wildman–Crippen MR) is 106 cm³/mol. The molecule has 1 aliphatic rings. The normalized spacial score (nSPS) is 16.0. The molecule has 2 aromatic carbocycles. The lowest BCUT2D eigenvalue weighted by atomic mass is 10.1. The zero-order chi connectivity index (χ0) is 19.4. The van der Waals surface area contributed by atoms with Crippen LogP contribution in [0.1, 0.15) is 6.92 Å². The van der Waals surface area contributed by atoms with E-state index in [-0.39, 0.29) is 17.6 Å². The second-order valence-electron chi connectivity index (χ2n) is 6.44. The summed E-state index contributed by atoms with van der Waals surface area (Å²) >= 11 is 5.89. The van der Waals surface area contributed by atoms with Crippen LogP contribution in [-0.4, -0.2) is 48.0 Å². The molecule has 1 aliphatic heterocycles. The predicted octanol–water partition coefficient (Wildman–Crippen LogP) is 3.40. The van der Waals surface area contributed by atoms with E-state index in [0.29, 0.717) is 36.9 Å². The summed E-state index contributed by atoms with van der Waals surface area (Å²) in [6.07, 6.45) is 0. The Morgan fingerprint density at radius 1 is 1.15 bits per heavy atom. The van der Waals surface area contributed by atoms with Gasteiger partial charge in [0.2, 0.25) is 5.91 Å². The number of amides is 1. The molecule has 0 aromatic heterocycles. The van der Waals surface area contributed by atoms with Gasteiger partial charge in [0.05, 0.1) is 11.0 Å². The monoisotopic (exact) mass is 388 g/mol. The highest BCUT2D eigenvalue weighted by Crippen LogP contribution is 2.31. The first-order valence-corrected chi connectivity index (χ1v) is 9.12. The topological polar surface area (TPSA) is 78.7 Å². The number of hydrogen-bond donors (Lipinski definition) is 1. The van der Waals surface area contributed by atoms with Gasteiger partial charge in [0, 0.05) is 43.0 Å². The smallest absolute Gasteiger partial charge is 0.294 e. The number of benzene rings is 2. The second kappa shape index (κ2) is 8.37. The lowest BCUT2D eigenvalue weighted by molar-refractivity contribution is -0.384. The SMILES string of the molecule is C[C@H](C(=O)Nc1ccccc1)N1CCN(c2ccc(Cl)cc2[N+](=O)[O-])CC1. The summed E-state index contributed by atoms with van der Waals surface area (Å²) in [6, 6.07) is 13.8. The third-order valence-corrected chi connectivity index (χ3v) is 4.99. The van der Waals surface area contributed by atoms with E-state index in [0.717, 1.165) is 5.69 Å². The highest BCUT2D eigenvalue weighted by atomic mass is 35.5. The number of halogens is 1. The number of nitro benzene ring substituents is 1.